The molecule has 0 aromatic rings. The van der Waals surface area contributed by atoms with Crippen molar-refractivity contribution in [1.82, 2.24) is 0 Å². The van der Waals surface area contributed by atoms with Crippen LogP contribution in [-0.2, 0) is 0 Å². The highest BCUT2D eigenvalue weighted by molar-refractivity contribution is 5.24. The van der Waals surface area contributed by atoms with Gasteiger partial charge in [-0.25, -0.2) is 0 Å². The van der Waals surface area contributed by atoms with Crippen LogP contribution in [0.2, 0.25) is 0 Å². The maximum absolute atomic E-state index is 11.0. The van der Waals surface area contributed by atoms with Crippen LogP contribution in [0.1, 0.15) is 71.6 Å². The maximum atomic E-state index is 11.0. The fourth-order valence-electron chi connectivity index (χ4n) is 6.89. The van der Waals surface area contributed by atoms with Crippen LogP contribution in [0.5, 0.6) is 0 Å². The van der Waals surface area contributed by atoms with E-state index in [0.717, 1.165) is 18.3 Å². The van der Waals surface area contributed by atoms with Gasteiger partial charge in [0.05, 0.1) is 6.10 Å². The quantitative estimate of drug-likeness (QED) is 0.635. The standard InChI is InChI=1S/C19H30O/c1-18-10-5-7-15(18)14-9-8-13-6-3-4-11-19(13,2)17(14)16(20)12-18/h6,14-17,20H,3-5,7-12H2,1-2H3/t14-,15-,16+,17+,18-,19-/m0/s1. The summed E-state index contributed by atoms with van der Waals surface area (Å²) in [5.74, 6) is 2.25. The molecule has 0 aliphatic heterocycles. The monoisotopic (exact) mass is 274 g/mol. The largest absolute Gasteiger partial charge is 0.393 e. The summed E-state index contributed by atoms with van der Waals surface area (Å²) < 4.78 is 0. The van der Waals surface area contributed by atoms with E-state index >= 15 is 0 Å². The summed E-state index contributed by atoms with van der Waals surface area (Å²) in [4.78, 5) is 0. The minimum atomic E-state index is -0.0499. The molecule has 3 saturated carbocycles. The first-order valence-electron chi connectivity index (χ1n) is 8.92. The van der Waals surface area contributed by atoms with Crippen LogP contribution in [0.4, 0.5) is 0 Å². The molecule has 0 radical (unpaired) electrons. The molecule has 0 amide bonds. The van der Waals surface area contributed by atoms with Gasteiger partial charge in [0.15, 0.2) is 0 Å². The normalized spacial score (nSPS) is 54.6. The van der Waals surface area contributed by atoms with E-state index in [9.17, 15) is 5.11 Å². The molecular weight excluding hydrogens is 244 g/mol. The Hall–Kier alpha value is -0.300. The lowest BCUT2D eigenvalue weighted by atomic mass is 9.47. The fourth-order valence-corrected chi connectivity index (χ4v) is 6.89. The number of aliphatic hydroxyl groups excluding tert-OH is 1. The molecule has 4 rings (SSSR count). The smallest absolute Gasteiger partial charge is 0.0584 e. The SMILES string of the molecule is C[C@@]12CCC[C@H]1[C@@H]1CCC3=CCCC[C@]3(C)[C@H]1[C@H](O)C2. The lowest BCUT2D eigenvalue weighted by Gasteiger charge is -2.59. The number of allylic oxidation sites excluding steroid dienone is 2. The Balaban J connectivity index is 1.74. The molecule has 0 spiro atoms. The Labute approximate surface area is 123 Å². The molecule has 3 fully saturated rings. The molecule has 4 aliphatic rings. The minimum Gasteiger partial charge on any atom is -0.393 e. The van der Waals surface area contributed by atoms with E-state index in [1.807, 2.05) is 0 Å². The third-order valence-electron chi connectivity index (χ3n) is 7.73. The lowest BCUT2D eigenvalue weighted by molar-refractivity contribution is -0.118. The topological polar surface area (TPSA) is 20.2 Å². The number of aliphatic hydroxyl groups is 1. The second-order valence-corrected chi connectivity index (χ2v) is 8.69. The van der Waals surface area contributed by atoms with E-state index in [0.29, 0.717) is 16.7 Å². The summed E-state index contributed by atoms with van der Waals surface area (Å²) in [5.41, 5.74) is 2.47. The highest BCUT2D eigenvalue weighted by Gasteiger charge is 2.58. The maximum Gasteiger partial charge on any atom is 0.0584 e. The molecular formula is C19H30O. The molecule has 0 bridgehead atoms. The molecule has 4 aliphatic carbocycles. The predicted octanol–water partition coefficient (Wildman–Crippen LogP) is 4.70. The molecule has 1 heteroatoms. The van der Waals surface area contributed by atoms with Crippen LogP contribution in [-0.4, -0.2) is 11.2 Å². The van der Waals surface area contributed by atoms with Gasteiger partial charge in [0.25, 0.3) is 0 Å². The molecule has 0 saturated heterocycles. The molecule has 0 aromatic carbocycles. The van der Waals surface area contributed by atoms with E-state index in [1.54, 1.807) is 5.57 Å². The van der Waals surface area contributed by atoms with Gasteiger partial charge in [-0.05, 0) is 80.0 Å². The van der Waals surface area contributed by atoms with Crippen molar-refractivity contribution < 1.29 is 5.11 Å². The summed E-state index contributed by atoms with van der Waals surface area (Å²) in [6.45, 7) is 4.95. The van der Waals surface area contributed by atoms with Crippen LogP contribution in [0.25, 0.3) is 0 Å². The number of hydrogen-bond donors (Lipinski definition) is 1. The average Bonchev–Trinajstić information content (AvgIpc) is 2.78. The summed E-state index contributed by atoms with van der Waals surface area (Å²) >= 11 is 0. The number of hydrogen-bond acceptors (Lipinski definition) is 1. The Kier molecular flexibility index (Phi) is 2.91. The Morgan fingerprint density at radius 3 is 2.85 bits per heavy atom. The van der Waals surface area contributed by atoms with Crippen molar-refractivity contribution in [2.75, 3.05) is 0 Å². The first kappa shape index (κ1) is 13.4. The summed E-state index contributed by atoms with van der Waals surface area (Å²) in [6.07, 6.45) is 14.3. The van der Waals surface area contributed by atoms with Crippen LogP contribution >= 0.6 is 0 Å². The molecule has 0 heterocycles. The average molecular weight is 274 g/mol. The summed E-state index contributed by atoms with van der Waals surface area (Å²) in [5, 5.41) is 11.0. The van der Waals surface area contributed by atoms with Crippen molar-refractivity contribution in [1.29, 1.82) is 0 Å². The lowest BCUT2D eigenvalue weighted by Crippen LogP contribution is -2.55. The van der Waals surface area contributed by atoms with Crippen molar-refractivity contribution >= 4 is 0 Å². The first-order valence-corrected chi connectivity index (χ1v) is 8.92. The zero-order valence-corrected chi connectivity index (χ0v) is 13.2. The molecule has 6 atom stereocenters. The van der Waals surface area contributed by atoms with Gasteiger partial charge in [-0.1, -0.05) is 31.9 Å². The van der Waals surface area contributed by atoms with Gasteiger partial charge in [0.1, 0.15) is 0 Å². The summed E-state index contributed by atoms with van der Waals surface area (Å²) in [7, 11) is 0. The van der Waals surface area contributed by atoms with Crippen LogP contribution in [0, 0.1) is 28.6 Å². The van der Waals surface area contributed by atoms with E-state index in [4.69, 9.17) is 0 Å². The van der Waals surface area contributed by atoms with E-state index in [-0.39, 0.29) is 6.10 Å². The molecule has 1 N–H and O–H groups in total. The van der Waals surface area contributed by atoms with Crippen molar-refractivity contribution in [3.8, 4) is 0 Å². The second kappa shape index (κ2) is 4.35. The van der Waals surface area contributed by atoms with Crippen molar-refractivity contribution in [2.45, 2.75) is 77.7 Å². The van der Waals surface area contributed by atoms with Gasteiger partial charge in [-0.15, -0.1) is 0 Å². The zero-order valence-electron chi connectivity index (χ0n) is 13.2. The first-order chi connectivity index (χ1) is 9.55. The fraction of sp³-hybridized carbons (Fsp3) is 0.895. The Bertz CT molecular complexity index is 439. The molecule has 0 unspecified atom stereocenters. The zero-order chi connectivity index (χ0) is 14.0. The molecule has 1 nitrogen and oxygen atoms in total. The Morgan fingerprint density at radius 1 is 1.15 bits per heavy atom. The number of rotatable bonds is 0. The van der Waals surface area contributed by atoms with Crippen molar-refractivity contribution in [3.05, 3.63) is 11.6 Å². The van der Waals surface area contributed by atoms with E-state index in [2.05, 4.69) is 19.9 Å². The Morgan fingerprint density at radius 2 is 2.00 bits per heavy atom. The third kappa shape index (κ3) is 1.65. The molecule has 20 heavy (non-hydrogen) atoms. The van der Waals surface area contributed by atoms with Crippen LogP contribution in [0.3, 0.4) is 0 Å². The van der Waals surface area contributed by atoms with Gasteiger partial charge in [0.2, 0.25) is 0 Å². The van der Waals surface area contributed by atoms with E-state index < -0.39 is 0 Å². The van der Waals surface area contributed by atoms with Crippen LogP contribution in [0.15, 0.2) is 11.6 Å². The van der Waals surface area contributed by atoms with Gasteiger partial charge in [-0.2, -0.15) is 0 Å². The van der Waals surface area contributed by atoms with Crippen LogP contribution < -0.4 is 0 Å². The summed E-state index contributed by atoms with van der Waals surface area (Å²) in [6, 6.07) is 0. The van der Waals surface area contributed by atoms with E-state index in [1.165, 1.54) is 51.4 Å². The molecule has 112 valence electrons. The van der Waals surface area contributed by atoms with Gasteiger partial charge in [0, 0.05) is 0 Å². The predicted molar refractivity (Wildman–Crippen MR) is 82.3 cm³/mol. The minimum absolute atomic E-state index is 0.0499. The molecule has 0 aromatic heterocycles. The van der Waals surface area contributed by atoms with Gasteiger partial charge >= 0.3 is 0 Å². The van der Waals surface area contributed by atoms with Gasteiger partial charge in [-0.3, -0.25) is 0 Å². The third-order valence-corrected chi connectivity index (χ3v) is 7.73. The van der Waals surface area contributed by atoms with Crippen molar-refractivity contribution in [3.63, 3.8) is 0 Å². The number of fused-ring (bicyclic) bond motifs is 5. The van der Waals surface area contributed by atoms with Crippen molar-refractivity contribution in [2.24, 2.45) is 28.6 Å². The second-order valence-electron chi connectivity index (χ2n) is 8.69. The highest BCUT2D eigenvalue weighted by atomic mass is 16.3. The van der Waals surface area contributed by atoms with Gasteiger partial charge < -0.3 is 5.11 Å². The highest BCUT2D eigenvalue weighted by Crippen LogP contribution is 2.65.